The van der Waals surface area contributed by atoms with Crippen LogP contribution in [-0.2, 0) is 0 Å². The van der Waals surface area contributed by atoms with Crippen LogP contribution in [-0.4, -0.2) is 35.3 Å². The highest BCUT2D eigenvalue weighted by Crippen LogP contribution is 2.33. The van der Waals surface area contributed by atoms with E-state index in [1.807, 2.05) is 19.1 Å². The third-order valence-corrected chi connectivity index (χ3v) is 3.32. The van der Waals surface area contributed by atoms with Crippen LogP contribution in [0, 0.1) is 11.7 Å². The molecule has 0 saturated heterocycles. The number of nitrogens with zero attached hydrogens (tertiary/aromatic N) is 3. The molecule has 0 fully saturated rings. The van der Waals surface area contributed by atoms with Crippen molar-refractivity contribution < 1.29 is 9.47 Å². The topological polar surface area (TPSA) is 64.4 Å². The molecule has 0 aliphatic heterocycles. The first-order valence-electron chi connectivity index (χ1n) is 5.66. The van der Waals surface area contributed by atoms with Gasteiger partial charge in [0.25, 0.3) is 0 Å². The number of rotatable bonds is 4. The molecule has 1 heterocycles. The Morgan fingerprint density at radius 3 is 2.70 bits per heavy atom. The van der Waals surface area contributed by atoms with Crippen molar-refractivity contribution in [2.45, 2.75) is 6.92 Å². The average Bonchev–Trinajstić information content (AvgIpc) is 2.75. The van der Waals surface area contributed by atoms with Gasteiger partial charge in [0.15, 0.2) is 11.5 Å². The van der Waals surface area contributed by atoms with Gasteiger partial charge in [0, 0.05) is 10.0 Å². The Labute approximate surface area is 129 Å². The van der Waals surface area contributed by atoms with E-state index in [0.29, 0.717) is 22.1 Å². The first kappa shape index (κ1) is 14.7. The zero-order chi connectivity index (χ0) is 14.7. The van der Waals surface area contributed by atoms with Crippen molar-refractivity contribution in [3.05, 3.63) is 32.8 Å². The van der Waals surface area contributed by atoms with Gasteiger partial charge in [-0.15, -0.1) is 0 Å². The predicted molar refractivity (Wildman–Crippen MR) is 82.4 cm³/mol. The number of methoxy groups -OCH3 is 2. The van der Waals surface area contributed by atoms with E-state index >= 15 is 0 Å². The third kappa shape index (κ3) is 2.91. The number of nitrogens with one attached hydrogen (secondary N) is 1. The molecule has 0 amide bonds. The van der Waals surface area contributed by atoms with Gasteiger partial charge in [-0.2, -0.15) is 14.9 Å². The van der Waals surface area contributed by atoms with Crippen LogP contribution in [0.4, 0.5) is 0 Å². The van der Waals surface area contributed by atoms with E-state index in [-0.39, 0.29) is 0 Å². The predicted octanol–water partition coefficient (Wildman–Crippen LogP) is 2.91. The Kier molecular flexibility index (Phi) is 4.56. The minimum atomic E-state index is 0.430. The summed E-state index contributed by atoms with van der Waals surface area (Å²) >= 11 is 8.51. The highest BCUT2D eigenvalue weighted by molar-refractivity contribution is 9.10. The van der Waals surface area contributed by atoms with Gasteiger partial charge in [-0.25, -0.2) is 0 Å². The van der Waals surface area contributed by atoms with Gasteiger partial charge in [0.2, 0.25) is 4.77 Å². The number of aromatic nitrogens is 3. The van der Waals surface area contributed by atoms with E-state index in [1.165, 1.54) is 4.68 Å². The van der Waals surface area contributed by atoms with E-state index < -0.39 is 0 Å². The van der Waals surface area contributed by atoms with Crippen LogP contribution in [0.3, 0.4) is 0 Å². The lowest BCUT2D eigenvalue weighted by Crippen LogP contribution is -1.98. The van der Waals surface area contributed by atoms with Crippen LogP contribution in [0.5, 0.6) is 11.5 Å². The van der Waals surface area contributed by atoms with Gasteiger partial charge in [-0.05, 0) is 31.3 Å². The molecule has 0 bridgehead atoms. The lowest BCUT2D eigenvalue weighted by molar-refractivity contribution is 0.354. The minimum Gasteiger partial charge on any atom is -0.493 e. The summed E-state index contributed by atoms with van der Waals surface area (Å²) in [5.41, 5.74) is 0.765. The molecule has 0 unspecified atom stereocenters. The Hall–Kier alpha value is -1.67. The van der Waals surface area contributed by atoms with E-state index in [2.05, 4.69) is 31.2 Å². The maximum atomic E-state index is 5.36. The molecular formula is C12H13BrN4O2S. The molecule has 1 N–H and O–H groups in total. The zero-order valence-corrected chi connectivity index (χ0v) is 13.6. The molecule has 0 atom stereocenters. The lowest BCUT2D eigenvalue weighted by Gasteiger charge is -2.10. The monoisotopic (exact) mass is 356 g/mol. The van der Waals surface area contributed by atoms with Crippen LogP contribution in [0.15, 0.2) is 21.7 Å². The van der Waals surface area contributed by atoms with E-state index in [1.54, 1.807) is 20.4 Å². The molecule has 106 valence electrons. The van der Waals surface area contributed by atoms with E-state index in [0.717, 1.165) is 10.0 Å². The number of aromatic amines is 1. The summed E-state index contributed by atoms with van der Waals surface area (Å²) in [6.07, 6.45) is 1.64. The molecule has 2 rings (SSSR count). The Balaban J connectivity index is 2.48. The number of hydrogen-bond donors (Lipinski definition) is 1. The number of aryl methyl sites for hydroxylation is 1. The summed E-state index contributed by atoms with van der Waals surface area (Å²) in [5, 5.41) is 11.0. The normalized spacial score (nSPS) is 11.0. The van der Waals surface area contributed by atoms with Crippen molar-refractivity contribution >= 4 is 34.4 Å². The molecule has 0 spiro atoms. The molecule has 0 aliphatic rings. The standard InChI is InChI=1S/C12H13BrN4O2S/c1-7-15-16-12(20)17(7)14-6-8-4-9(13)5-10(18-2)11(8)19-3/h4-6H,1-3H3,(H,16,20)/b14-6-. The Morgan fingerprint density at radius 1 is 1.40 bits per heavy atom. The second-order valence-corrected chi connectivity index (χ2v) is 5.17. The maximum Gasteiger partial charge on any atom is 0.216 e. The second kappa shape index (κ2) is 6.19. The van der Waals surface area contributed by atoms with Crippen molar-refractivity contribution in [2.75, 3.05) is 14.2 Å². The molecule has 0 radical (unpaired) electrons. The van der Waals surface area contributed by atoms with Crippen LogP contribution in [0.2, 0.25) is 0 Å². The number of ether oxygens (including phenoxy) is 2. The quantitative estimate of drug-likeness (QED) is 0.675. The highest BCUT2D eigenvalue weighted by atomic mass is 79.9. The molecule has 1 aromatic heterocycles. The SMILES string of the molecule is COc1cc(Br)cc(/C=N\n2c(C)n[nH]c2=S)c1OC. The van der Waals surface area contributed by atoms with Crippen molar-refractivity contribution in [2.24, 2.45) is 5.10 Å². The molecule has 0 aliphatic carbocycles. The van der Waals surface area contributed by atoms with Gasteiger partial charge in [0.05, 0.1) is 20.4 Å². The number of H-pyrrole nitrogens is 1. The molecule has 0 saturated carbocycles. The average molecular weight is 357 g/mol. The summed E-state index contributed by atoms with van der Waals surface area (Å²) in [7, 11) is 3.17. The Morgan fingerprint density at radius 2 is 2.15 bits per heavy atom. The summed E-state index contributed by atoms with van der Waals surface area (Å²) in [6.45, 7) is 1.81. The molecule has 8 heteroatoms. The van der Waals surface area contributed by atoms with Gasteiger partial charge in [0.1, 0.15) is 5.82 Å². The van der Waals surface area contributed by atoms with Gasteiger partial charge in [-0.1, -0.05) is 15.9 Å². The van der Waals surface area contributed by atoms with Crippen LogP contribution in [0.1, 0.15) is 11.4 Å². The summed E-state index contributed by atoms with van der Waals surface area (Å²) in [5.74, 6) is 1.90. The molecular weight excluding hydrogens is 344 g/mol. The minimum absolute atomic E-state index is 0.430. The van der Waals surface area contributed by atoms with Crippen LogP contribution in [0.25, 0.3) is 0 Å². The third-order valence-electron chi connectivity index (χ3n) is 2.60. The highest BCUT2D eigenvalue weighted by Gasteiger charge is 2.10. The molecule has 2 aromatic rings. The fourth-order valence-electron chi connectivity index (χ4n) is 1.68. The first-order chi connectivity index (χ1) is 9.56. The smallest absolute Gasteiger partial charge is 0.216 e. The van der Waals surface area contributed by atoms with Crippen molar-refractivity contribution in [1.82, 2.24) is 14.9 Å². The Bertz CT molecular complexity index is 708. The fourth-order valence-corrected chi connectivity index (χ4v) is 2.36. The summed E-state index contributed by atoms with van der Waals surface area (Å²) < 4.78 is 13.5. The molecule has 1 aromatic carbocycles. The van der Waals surface area contributed by atoms with Crippen molar-refractivity contribution in [1.29, 1.82) is 0 Å². The van der Waals surface area contributed by atoms with Crippen LogP contribution >= 0.6 is 28.1 Å². The second-order valence-electron chi connectivity index (χ2n) is 3.86. The summed E-state index contributed by atoms with van der Waals surface area (Å²) in [4.78, 5) is 0. The molecule has 20 heavy (non-hydrogen) atoms. The first-order valence-corrected chi connectivity index (χ1v) is 6.87. The maximum absolute atomic E-state index is 5.36. The number of hydrogen-bond acceptors (Lipinski definition) is 5. The number of benzene rings is 1. The van der Waals surface area contributed by atoms with E-state index in [9.17, 15) is 0 Å². The summed E-state index contributed by atoms with van der Waals surface area (Å²) in [6, 6.07) is 3.70. The van der Waals surface area contributed by atoms with Gasteiger partial charge < -0.3 is 9.47 Å². The van der Waals surface area contributed by atoms with Crippen molar-refractivity contribution in [3.8, 4) is 11.5 Å². The lowest BCUT2D eigenvalue weighted by atomic mass is 10.2. The molecule has 6 nitrogen and oxygen atoms in total. The van der Waals surface area contributed by atoms with Gasteiger partial charge in [-0.3, -0.25) is 5.10 Å². The van der Waals surface area contributed by atoms with Crippen LogP contribution < -0.4 is 9.47 Å². The largest absolute Gasteiger partial charge is 0.493 e. The van der Waals surface area contributed by atoms with Gasteiger partial charge >= 0.3 is 0 Å². The fraction of sp³-hybridized carbons (Fsp3) is 0.250. The zero-order valence-electron chi connectivity index (χ0n) is 11.2. The number of halogens is 1. The van der Waals surface area contributed by atoms with Crippen molar-refractivity contribution in [3.63, 3.8) is 0 Å². The van der Waals surface area contributed by atoms with E-state index in [4.69, 9.17) is 21.7 Å².